The molecule has 1 atom stereocenters. The lowest BCUT2D eigenvalue weighted by Gasteiger charge is -2.16. The molecule has 2 heterocycles. The molecule has 3 rings (SSSR count). The Morgan fingerprint density at radius 2 is 1.85 bits per heavy atom. The van der Waals surface area contributed by atoms with Crippen molar-refractivity contribution in [1.82, 2.24) is 15.0 Å². The monoisotopic (exact) mass is 350 g/mol. The molecule has 0 radical (unpaired) electrons. The van der Waals surface area contributed by atoms with E-state index in [2.05, 4.69) is 20.3 Å². The third-order valence-electron chi connectivity index (χ3n) is 3.75. The molecule has 0 aliphatic rings. The number of ether oxygens (including phenoxy) is 1. The van der Waals surface area contributed by atoms with Gasteiger partial charge in [-0.25, -0.2) is 9.78 Å². The SMILES string of the molecule is CCC(OC(=O)c1ccc(-c2ncc[nH]2)cc1)C(=O)Nc1ccncc1. The van der Waals surface area contributed by atoms with E-state index in [1.165, 1.54) is 0 Å². The van der Waals surface area contributed by atoms with Crippen LogP contribution in [0.4, 0.5) is 5.69 Å². The van der Waals surface area contributed by atoms with Gasteiger partial charge in [0.2, 0.25) is 0 Å². The van der Waals surface area contributed by atoms with Crippen LogP contribution in [0, 0.1) is 0 Å². The van der Waals surface area contributed by atoms with E-state index in [0.717, 1.165) is 5.56 Å². The number of carbonyl (C=O) groups is 2. The smallest absolute Gasteiger partial charge is 0.338 e. The van der Waals surface area contributed by atoms with Gasteiger partial charge in [-0.15, -0.1) is 0 Å². The predicted octanol–water partition coefficient (Wildman–Crippen LogP) is 3.05. The Kier molecular flexibility index (Phi) is 5.38. The number of pyridine rings is 1. The fourth-order valence-electron chi connectivity index (χ4n) is 2.36. The van der Waals surface area contributed by atoms with Gasteiger partial charge in [-0.05, 0) is 30.7 Å². The maximum Gasteiger partial charge on any atom is 0.338 e. The Balaban J connectivity index is 1.64. The third-order valence-corrected chi connectivity index (χ3v) is 3.75. The Hall–Kier alpha value is -3.48. The minimum Gasteiger partial charge on any atom is -0.449 e. The van der Waals surface area contributed by atoms with Crippen LogP contribution in [0.3, 0.4) is 0 Å². The molecule has 0 fully saturated rings. The quantitative estimate of drug-likeness (QED) is 0.666. The van der Waals surface area contributed by atoms with Crippen molar-refractivity contribution in [3.63, 3.8) is 0 Å². The van der Waals surface area contributed by atoms with Crippen LogP contribution in [0.15, 0.2) is 61.2 Å². The summed E-state index contributed by atoms with van der Waals surface area (Å²) in [5.41, 5.74) is 1.83. The van der Waals surface area contributed by atoms with Crippen LogP contribution >= 0.6 is 0 Å². The summed E-state index contributed by atoms with van der Waals surface area (Å²) in [6.45, 7) is 1.78. The molecule has 0 saturated carbocycles. The highest BCUT2D eigenvalue weighted by atomic mass is 16.5. The molecule has 132 valence electrons. The Labute approximate surface area is 150 Å². The van der Waals surface area contributed by atoms with Crippen molar-refractivity contribution in [3.05, 3.63) is 66.7 Å². The van der Waals surface area contributed by atoms with E-state index in [0.29, 0.717) is 23.5 Å². The molecule has 7 nitrogen and oxygen atoms in total. The van der Waals surface area contributed by atoms with Gasteiger partial charge in [0, 0.05) is 36.0 Å². The summed E-state index contributed by atoms with van der Waals surface area (Å²) < 4.78 is 5.36. The lowest BCUT2D eigenvalue weighted by molar-refractivity contribution is -0.124. The second kappa shape index (κ2) is 8.06. The number of benzene rings is 1. The molecule has 0 saturated heterocycles. The van der Waals surface area contributed by atoms with Gasteiger partial charge in [0.1, 0.15) is 5.82 Å². The lowest BCUT2D eigenvalue weighted by atomic mass is 10.1. The number of esters is 1. The van der Waals surface area contributed by atoms with Gasteiger partial charge < -0.3 is 15.0 Å². The Morgan fingerprint density at radius 3 is 2.46 bits per heavy atom. The van der Waals surface area contributed by atoms with Crippen LogP contribution in [0.2, 0.25) is 0 Å². The Morgan fingerprint density at radius 1 is 1.12 bits per heavy atom. The second-order valence-electron chi connectivity index (χ2n) is 5.54. The zero-order chi connectivity index (χ0) is 18.4. The first-order valence-corrected chi connectivity index (χ1v) is 8.19. The zero-order valence-electron chi connectivity index (χ0n) is 14.2. The van der Waals surface area contributed by atoms with Crippen LogP contribution in [-0.2, 0) is 9.53 Å². The van der Waals surface area contributed by atoms with E-state index in [-0.39, 0.29) is 5.91 Å². The summed E-state index contributed by atoms with van der Waals surface area (Å²) in [7, 11) is 0. The molecule has 1 unspecified atom stereocenters. The molecule has 26 heavy (non-hydrogen) atoms. The highest BCUT2D eigenvalue weighted by Crippen LogP contribution is 2.16. The minimum atomic E-state index is -0.875. The summed E-state index contributed by atoms with van der Waals surface area (Å²) in [4.78, 5) is 35.7. The summed E-state index contributed by atoms with van der Waals surface area (Å²) >= 11 is 0. The number of nitrogens with zero attached hydrogens (tertiary/aromatic N) is 2. The number of aromatic nitrogens is 3. The van der Waals surface area contributed by atoms with Gasteiger partial charge in [-0.3, -0.25) is 9.78 Å². The van der Waals surface area contributed by atoms with Crippen molar-refractivity contribution in [1.29, 1.82) is 0 Å². The van der Waals surface area contributed by atoms with E-state index in [9.17, 15) is 9.59 Å². The average molecular weight is 350 g/mol. The minimum absolute atomic E-state index is 0.368. The molecule has 0 bridgehead atoms. The summed E-state index contributed by atoms with van der Waals surface area (Å²) in [5.74, 6) is -0.208. The van der Waals surface area contributed by atoms with E-state index in [1.807, 2.05) is 0 Å². The lowest BCUT2D eigenvalue weighted by Crippen LogP contribution is -2.32. The molecule has 0 aliphatic carbocycles. The first-order chi connectivity index (χ1) is 12.7. The summed E-state index contributed by atoms with van der Waals surface area (Å²) in [6, 6.07) is 10.2. The van der Waals surface area contributed by atoms with Gasteiger partial charge in [0.05, 0.1) is 5.56 Å². The van der Waals surface area contributed by atoms with Crippen molar-refractivity contribution >= 4 is 17.6 Å². The van der Waals surface area contributed by atoms with Crippen molar-refractivity contribution in [2.45, 2.75) is 19.4 Å². The van der Waals surface area contributed by atoms with Crippen LogP contribution in [0.1, 0.15) is 23.7 Å². The summed E-state index contributed by atoms with van der Waals surface area (Å²) in [5, 5.41) is 2.71. The fraction of sp³-hybridized carbons (Fsp3) is 0.158. The number of H-pyrrole nitrogens is 1. The van der Waals surface area contributed by atoms with Crippen LogP contribution in [-0.4, -0.2) is 32.9 Å². The van der Waals surface area contributed by atoms with Gasteiger partial charge in [-0.1, -0.05) is 19.1 Å². The largest absolute Gasteiger partial charge is 0.449 e. The topological polar surface area (TPSA) is 97.0 Å². The van der Waals surface area contributed by atoms with E-state index in [4.69, 9.17) is 4.74 Å². The number of amides is 1. The van der Waals surface area contributed by atoms with Crippen molar-refractivity contribution < 1.29 is 14.3 Å². The molecule has 7 heteroatoms. The van der Waals surface area contributed by atoms with Crippen LogP contribution in [0.5, 0.6) is 0 Å². The van der Waals surface area contributed by atoms with Crippen LogP contribution in [0.25, 0.3) is 11.4 Å². The average Bonchev–Trinajstić information content (AvgIpc) is 3.21. The highest BCUT2D eigenvalue weighted by Gasteiger charge is 2.22. The standard InChI is InChI=1S/C19H18N4O3/c1-2-16(18(24)23-15-7-9-20-10-8-15)26-19(25)14-5-3-13(4-6-14)17-21-11-12-22-17/h3-12,16H,2H2,1H3,(H,21,22)(H,20,23,24). The van der Waals surface area contributed by atoms with Crippen molar-refractivity contribution in [2.75, 3.05) is 5.32 Å². The number of hydrogen-bond donors (Lipinski definition) is 2. The van der Waals surface area contributed by atoms with Gasteiger partial charge >= 0.3 is 5.97 Å². The molecule has 0 aliphatic heterocycles. The molecule has 2 N–H and O–H groups in total. The number of imidazole rings is 1. The first kappa shape index (κ1) is 17.3. The number of hydrogen-bond acceptors (Lipinski definition) is 5. The predicted molar refractivity (Wildman–Crippen MR) is 96.4 cm³/mol. The zero-order valence-corrected chi connectivity index (χ0v) is 14.2. The fourth-order valence-corrected chi connectivity index (χ4v) is 2.36. The number of rotatable bonds is 6. The number of carbonyl (C=O) groups excluding carboxylic acids is 2. The molecule has 1 amide bonds. The first-order valence-electron chi connectivity index (χ1n) is 8.19. The number of anilines is 1. The van der Waals surface area contributed by atoms with E-state index >= 15 is 0 Å². The summed E-state index contributed by atoms with van der Waals surface area (Å²) in [6.07, 6.45) is 6.02. The molecule has 2 aromatic heterocycles. The van der Waals surface area contributed by atoms with Crippen molar-refractivity contribution in [2.24, 2.45) is 0 Å². The van der Waals surface area contributed by atoms with Crippen molar-refractivity contribution in [3.8, 4) is 11.4 Å². The van der Waals surface area contributed by atoms with Gasteiger partial charge in [-0.2, -0.15) is 0 Å². The molecular formula is C19H18N4O3. The normalized spacial score (nSPS) is 11.6. The Bertz CT molecular complexity index is 862. The van der Waals surface area contributed by atoms with E-state index in [1.54, 1.807) is 68.1 Å². The van der Waals surface area contributed by atoms with Gasteiger partial charge in [0.25, 0.3) is 5.91 Å². The number of nitrogens with one attached hydrogen (secondary N) is 2. The van der Waals surface area contributed by atoms with Crippen LogP contribution < -0.4 is 5.32 Å². The molecule has 0 spiro atoms. The molecule has 3 aromatic rings. The molecular weight excluding hydrogens is 332 g/mol. The van der Waals surface area contributed by atoms with E-state index < -0.39 is 12.1 Å². The maximum atomic E-state index is 12.3. The maximum absolute atomic E-state index is 12.3. The second-order valence-corrected chi connectivity index (χ2v) is 5.54. The molecule has 1 aromatic carbocycles. The number of aromatic amines is 1. The third kappa shape index (κ3) is 4.13. The van der Waals surface area contributed by atoms with Gasteiger partial charge in [0.15, 0.2) is 6.10 Å². The highest BCUT2D eigenvalue weighted by molar-refractivity contribution is 5.97.